The summed E-state index contributed by atoms with van der Waals surface area (Å²) >= 11 is 1.29. The molecule has 41 heavy (non-hydrogen) atoms. The second-order valence-corrected chi connectivity index (χ2v) is 12.3. The third kappa shape index (κ3) is 5.77. The van der Waals surface area contributed by atoms with Gasteiger partial charge in [-0.1, -0.05) is 24.3 Å². The van der Waals surface area contributed by atoms with E-state index in [-0.39, 0.29) is 23.9 Å². The van der Waals surface area contributed by atoms with E-state index in [9.17, 15) is 18.0 Å². The molecular weight excluding hydrogens is 564 g/mol. The first-order chi connectivity index (χ1) is 19.7. The summed E-state index contributed by atoms with van der Waals surface area (Å²) < 4.78 is 43.5. The van der Waals surface area contributed by atoms with Crippen molar-refractivity contribution in [3.05, 3.63) is 99.9 Å². The maximum Gasteiger partial charge on any atom is 0.341 e. The second kappa shape index (κ2) is 11.6. The van der Waals surface area contributed by atoms with Crippen LogP contribution in [-0.2, 0) is 21.2 Å². The van der Waals surface area contributed by atoms with Gasteiger partial charge in [-0.05, 0) is 73.5 Å². The van der Waals surface area contributed by atoms with Crippen molar-refractivity contribution in [1.29, 1.82) is 0 Å². The molecule has 3 aromatic carbocycles. The zero-order valence-electron chi connectivity index (χ0n) is 22.7. The highest BCUT2D eigenvalue weighted by Crippen LogP contribution is 2.38. The number of benzene rings is 3. The number of rotatable bonds is 9. The average Bonchev–Trinajstić information content (AvgIpc) is 3.56. The van der Waals surface area contributed by atoms with Crippen LogP contribution in [-0.4, -0.2) is 40.7 Å². The predicted molar refractivity (Wildman–Crippen MR) is 157 cm³/mol. The number of thiophene rings is 1. The molecule has 5 rings (SSSR count). The lowest BCUT2D eigenvalue weighted by Gasteiger charge is -2.19. The van der Waals surface area contributed by atoms with Gasteiger partial charge in [-0.2, -0.15) is 0 Å². The van der Waals surface area contributed by atoms with Gasteiger partial charge in [-0.3, -0.25) is 9.10 Å². The molecule has 0 spiro atoms. The van der Waals surface area contributed by atoms with Crippen molar-refractivity contribution in [3.63, 3.8) is 0 Å². The summed E-state index contributed by atoms with van der Waals surface area (Å²) in [6, 6.07) is 20.1. The van der Waals surface area contributed by atoms with Gasteiger partial charge < -0.3 is 19.5 Å². The Hall–Kier alpha value is -4.35. The first kappa shape index (κ1) is 28.2. The van der Waals surface area contributed by atoms with Gasteiger partial charge in [0.15, 0.2) is 11.5 Å². The predicted octanol–water partition coefficient (Wildman–Crippen LogP) is 5.63. The minimum absolute atomic E-state index is 0.0468. The van der Waals surface area contributed by atoms with Gasteiger partial charge in [0.25, 0.3) is 15.9 Å². The second-order valence-electron chi connectivity index (χ2n) is 9.23. The van der Waals surface area contributed by atoms with Crippen molar-refractivity contribution >= 4 is 43.9 Å². The number of carbonyl (C=O) groups is 2. The van der Waals surface area contributed by atoms with Gasteiger partial charge in [-0.25, -0.2) is 13.2 Å². The molecule has 11 heteroatoms. The fourth-order valence-electron chi connectivity index (χ4n) is 4.39. The van der Waals surface area contributed by atoms with Gasteiger partial charge in [0.2, 0.25) is 6.79 Å². The minimum Gasteiger partial charge on any atom is -0.462 e. The molecule has 0 saturated carbocycles. The number of fused-ring (bicyclic) bond motifs is 1. The SMILES string of the molecule is CCOC(=O)c1c(NC(=O)c2ccc(S(=O)(=O)N(C)c3ccccc3)cc2)sc(Cc2ccc3c(c2)OCO3)c1C. The molecule has 212 valence electrons. The number of nitrogens with one attached hydrogen (secondary N) is 1. The number of esters is 1. The molecular formula is C30H28N2O7S2. The van der Waals surface area contributed by atoms with Crippen LogP contribution in [0, 0.1) is 6.92 Å². The normalized spacial score (nSPS) is 12.2. The molecule has 1 aliphatic rings. The van der Waals surface area contributed by atoms with Crippen molar-refractivity contribution in [2.75, 3.05) is 30.1 Å². The van der Waals surface area contributed by atoms with E-state index in [0.29, 0.717) is 39.7 Å². The summed E-state index contributed by atoms with van der Waals surface area (Å²) in [5.41, 5.74) is 2.73. The van der Waals surface area contributed by atoms with E-state index in [1.54, 1.807) is 37.3 Å². The number of amides is 1. The molecule has 1 aliphatic heterocycles. The number of hydrogen-bond acceptors (Lipinski definition) is 8. The van der Waals surface area contributed by atoms with Crippen LogP contribution in [0.15, 0.2) is 77.7 Å². The Morgan fingerprint density at radius 1 is 1.00 bits per heavy atom. The van der Waals surface area contributed by atoms with E-state index in [2.05, 4.69) is 5.32 Å². The lowest BCUT2D eigenvalue weighted by atomic mass is 10.1. The van der Waals surface area contributed by atoms with Crippen molar-refractivity contribution in [1.82, 2.24) is 0 Å². The molecule has 0 bridgehead atoms. The molecule has 1 N–H and O–H groups in total. The lowest BCUT2D eigenvalue weighted by molar-refractivity contribution is 0.0527. The summed E-state index contributed by atoms with van der Waals surface area (Å²) in [7, 11) is -2.35. The molecule has 1 aromatic heterocycles. The van der Waals surface area contributed by atoms with Crippen LogP contribution in [0.2, 0.25) is 0 Å². The highest BCUT2D eigenvalue weighted by atomic mass is 32.2. The third-order valence-corrected chi connectivity index (χ3v) is 9.66. The summed E-state index contributed by atoms with van der Waals surface area (Å²) in [6.07, 6.45) is 0.511. The summed E-state index contributed by atoms with van der Waals surface area (Å²) in [4.78, 5) is 27.0. The Morgan fingerprint density at radius 2 is 1.71 bits per heavy atom. The summed E-state index contributed by atoms with van der Waals surface area (Å²) in [6.45, 7) is 3.91. The van der Waals surface area contributed by atoms with E-state index in [0.717, 1.165) is 10.4 Å². The fraction of sp³-hybridized carbons (Fsp3) is 0.200. The number of sulfonamides is 1. The molecule has 0 aliphatic carbocycles. The Bertz CT molecular complexity index is 1700. The Kier molecular flexibility index (Phi) is 8.00. The van der Waals surface area contributed by atoms with Crippen LogP contribution in [0.5, 0.6) is 11.5 Å². The largest absolute Gasteiger partial charge is 0.462 e. The number of hydrogen-bond donors (Lipinski definition) is 1. The zero-order chi connectivity index (χ0) is 29.1. The Labute approximate surface area is 242 Å². The monoisotopic (exact) mass is 592 g/mol. The smallest absolute Gasteiger partial charge is 0.341 e. The molecule has 2 heterocycles. The zero-order valence-corrected chi connectivity index (χ0v) is 24.3. The molecule has 0 atom stereocenters. The number of carbonyl (C=O) groups excluding carboxylic acids is 2. The standard InChI is InChI=1S/C30H28N2O7S2/c1-4-37-30(34)27-19(2)26(17-20-10-15-24-25(16-20)39-18-38-24)40-29(27)31-28(33)21-11-13-23(14-12-21)41(35,36)32(3)22-8-6-5-7-9-22/h5-16H,4,17-18H2,1-3H3,(H,31,33). The number of ether oxygens (including phenoxy) is 3. The van der Waals surface area contributed by atoms with E-state index in [1.165, 1.54) is 47.0 Å². The van der Waals surface area contributed by atoms with Crippen molar-refractivity contribution in [2.45, 2.75) is 25.2 Å². The quantitative estimate of drug-likeness (QED) is 0.251. The van der Waals surface area contributed by atoms with Crippen molar-refractivity contribution in [3.8, 4) is 11.5 Å². The Balaban J connectivity index is 1.38. The highest BCUT2D eigenvalue weighted by Gasteiger charge is 2.26. The molecule has 4 aromatic rings. The van der Waals surface area contributed by atoms with Gasteiger partial charge in [-0.15, -0.1) is 11.3 Å². The van der Waals surface area contributed by atoms with Gasteiger partial charge in [0.05, 0.1) is 22.8 Å². The summed E-state index contributed by atoms with van der Waals surface area (Å²) in [5, 5.41) is 3.20. The van der Waals surface area contributed by atoms with Crippen LogP contribution in [0.4, 0.5) is 10.7 Å². The maximum atomic E-state index is 13.2. The van der Waals surface area contributed by atoms with Gasteiger partial charge in [0.1, 0.15) is 5.00 Å². The molecule has 0 saturated heterocycles. The van der Waals surface area contributed by atoms with Crippen molar-refractivity contribution < 1.29 is 32.2 Å². The van der Waals surface area contributed by atoms with E-state index < -0.39 is 21.9 Å². The minimum atomic E-state index is -3.83. The number of nitrogens with zero attached hydrogens (tertiary/aromatic N) is 1. The lowest BCUT2D eigenvalue weighted by Crippen LogP contribution is -2.26. The molecule has 1 amide bonds. The van der Waals surface area contributed by atoms with Crippen molar-refractivity contribution in [2.24, 2.45) is 0 Å². The third-order valence-electron chi connectivity index (χ3n) is 6.65. The van der Waals surface area contributed by atoms with Gasteiger partial charge in [0, 0.05) is 23.9 Å². The van der Waals surface area contributed by atoms with E-state index in [1.807, 2.05) is 25.1 Å². The van der Waals surface area contributed by atoms with Crippen LogP contribution in [0.1, 0.15) is 43.6 Å². The fourth-order valence-corrected chi connectivity index (χ4v) is 6.81. The molecule has 9 nitrogen and oxygen atoms in total. The molecule has 0 radical (unpaired) electrons. The van der Waals surface area contributed by atoms with Crippen LogP contribution in [0.25, 0.3) is 0 Å². The highest BCUT2D eigenvalue weighted by molar-refractivity contribution is 7.92. The van der Waals surface area contributed by atoms with Crippen LogP contribution >= 0.6 is 11.3 Å². The number of anilines is 2. The maximum absolute atomic E-state index is 13.2. The van der Waals surface area contributed by atoms with Crippen LogP contribution < -0.4 is 19.1 Å². The topological polar surface area (TPSA) is 111 Å². The molecule has 0 fully saturated rings. The average molecular weight is 593 g/mol. The van der Waals surface area contributed by atoms with Crippen LogP contribution in [0.3, 0.4) is 0 Å². The molecule has 0 unspecified atom stereocenters. The summed E-state index contributed by atoms with van der Waals surface area (Å²) in [5.74, 6) is 0.337. The first-order valence-corrected chi connectivity index (χ1v) is 15.1. The Morgan fingerprint density at radius 3 is 2.41 bits per heavy atom. The first-order valence-electron chi connectivity index (χ1n) is 12.8. The van der Waals surface area contributed by atoms with E-state index >= 15 is 0 Å². The number of para-hydroxylation sites is 1. The van der Waals surface area contributed by atoms with Gasteiger partial charge >= 0.3 is 5.97 Å². The van der Waals surface area contributed by atoms with E-state index in [4.69, 9.17) is 14.2 Å².